The maximum Gasteiger partial charge on any atom is 0.325 e. The number of carbonyl (C=O) groups excluding carboxylic acids is 2. The normalized spacial score (nSPS) is 14.4. The molecule has 0 aliphatic heterocycles. The van der Waals surface area contributed by atoms with Crippen molar-refractivity contribution in [1.82, 2.24) is 10.3 Å². The Morgan fingerprint density at radius 1 is 1.12 bits per heavy atom. The predicted molar refractivity (Wildman–Crippen MR) is 95.9 cm³/mol. The molecule has 0 atom stereocenters. The van der Waals surface area contributed by atoms with Gasteiger partial charge in [-0.15, -0.1) is 11.3 Å². The molecule has 1 heterocycles. The second-order valence-electron chi connectivity index (χ2n) is 5.58. The highest BCUT2D eigenvalue weighted by molar-refractivity contribution is 7.14. The van der Waals surface area contributed by atoms with Gasteiger partial charge in [-0.1, -0.05) is 24.4 Å². The Kier molecular flexibility index (Phi) is 5.32. The number of nitrogens with one attached hydrogen (secondary N) is 3. The Hall–Kier alpha value is -2.12. The molecule has 126 valence electrons. The number of hydrogen-bond acceptors (Lipinski definition) is 4. The topological polar surface area (TPSA) is 83.1 Å². The Bertz CT molecular complexity index is 726. The number of amides is 3. The number of carbonyl (C=O) groups is 2. The van der Waals surface area contributed by atoms with Crippen LogP contribution in [0, 0.1) is 0 Å². The van der Waals surface area contributed by atoms with Crippen LogP contribution in [0.5, 0.6) is 0 Å². The largest absolute Gasteiger partial charge is 0.348 e. The quantitative estimate of drug-likeness (QED) is 0.763. The van der Waals surface area contributed by atoms with E-state index in [1.807, 2.05) is 0 Å². The van der Waals surface area contributed by atoms with Crippen molar-refractivity contribution in [2.24, 2.45) is 0 Å². The van der Waals surface area contributed by atoms with Gasteiger partial charge in [0.1, 0.15) is 5.69 Å². The van der Waals surface area contributed by atoms with Crippen molar-refractivity contribution in [3.63, 3.8) is 0 Å². The molecule has 1 aliphatic rings. The first kappa shape index (κ1) is 16.7. The molecule has 24 heavy (non-hydrogen) atoms. The molecule has 6 nitrogen and oxygen atoms in total. The summed E-state index contributed by atoms with van der Waals surface area (Å²) in [5.41, 5.74) is 0.946. The van der Waals surface area contributed by atoms with Crippen molar-refractivity contribution < 1.29 is 9.59 Å². The van der Waals surface area contributed by atoms with Crippen LogP contribution < -0.4 is 16.0 Å². The molecule has 3 N–H and O–H groups in total. The summed E-state index contributed by atoms with van der Waals surface area (Å²) in [6.07, 6.45) is 4.34. The summed E-state index contributed by atoms with van der Waals surface area (Å²) in [6, 6.07) is 6.59. The number of urea groups is 1. The van der Waals surface area contributed by atoms with Crippen LogP contribution in [-0.2, 0) is 0 Å². The van der Waals surface area contributed by atoms with Gasteiger partial charge in [-0.05, 0) is 37.1 Å². The molecule has 8 heteroatoms. The van der Waals surface area contributed by atoms with Gasteiger partial charge in [-0.3, -0.25) is 10.1 Å². The first-order valence-corrected chi connectivity index (χ1v) is 8.96. The lowest BCUT2D eigenvalue weighted by atomic mass is 10.2. The summed E-state index contributed by atoms with van der Waals surface area (Å²) in [6.45, 7) is 0. The van der Waals surface area contributed by atoms with Gasteiger partial charge >= 0.3 is 6.03 Å². The highest BCUT2D eigenvalue weighted by Crippen LogP contribution is 2.20. The summed E-state index contributed by atoms with van der Waals surface area (Å²) < 4.78 is 0. The zero-order chi connectivity index (χ0) is 16.9. The highest BCUT2D eigenvalue weighted by Gasteiger charge is 2.19. The monoisotopic (exact) mass is 364 g/mol. The van der Waals surface area contributed by atoms with Crippen LogP contribution in [-0.4, -0.2) is 23.0 Å². The van der Waals surface area contributed by atoms with E-state index >= 15 is 0 Å². The number of benzene rings is 1. The second kappa shape index (κ2) is 7.63. The Morgan fingerprint density at radius 2 is 1.83 bits per heavy atom. The van der Waals surface area contributed by atoms with Gasteiger partial charge in [0.2, 0.25) is 0 Å². The van der Waals surface area contributed by atoms with E-state index in [9.17, 15) is 9.59 Å². The number of thiazole rings is 1. The van der Waals surface area contributed by atoms with E-state index in [-0.39, 0.29) is 11.9 Å². The lowest BCUT2D eigenvalue weighted by molar-refractivity contribution is 0.0933. The zero-order valence-corrected chi connectivity index (χ0v) is 14.4. The van der Waals surface area contributed by atoms with Crippen molar-refractivity contribution in [2.75, 3.05) is 10.6 Å². The van der Waals surface area contributed by atoms with Crippen LogP contribution in [0.15, 0.2) is 29.6 Å². The van der Waals surface area contributed by atoms with Crippen LogP contribution in [0.1, 0.15) is 36.2 Å². The third kappa shape index (κ3) is 4.46. The number of hydrogen-bond donors (Lipinski definition) is 3. The number of anilines is 2. The van der Waals surface area contributed by atoms with E-state index in [2.05, 4.69) is 20.9 Å². The maximum atomic E-state index is 12.1. The Labute approximate surface area is 148 Å². The van der Waals surface area contributed by atoms with Gasteiger partial charge in [0.15, 0.2) is 5.13 Å². The molecule has 0 saturated heterocycles. The zero-order valence-electron chi connectivity index (χ0n) is 12.8. The fourth-order valence-electron chi connectivity index (χ4n) is 2.56. The first-order valence-electron chi connectivity index (χ1n) is 7.70. The van der Waals surface area contributed by atoms with Crippen molar-refractivity contribution in [2.45, 2.75) is 31.7 Å². The fraction of sp³-hybridized carbons (Fsp3) is 0.312. The average Bonchev–Trinajstić information content (AvgIpc) is 3.21. The predicted octanol–water partition coefficient (Wildman–Crippen LogP) is 4.11. The van der Waals surface area contributed by atoms with E-state index in [4.69, 9.17) is 11.6 Å². The molecule has 2 aromatic rings. The molecule has 1 fully saturated rings. The van der Waals surface area contributed by atoms with Crippen molar-refractivity contribution in [3.05, 3.63) is 40.4 Å². The van der Waals surface area contributed by atoms with Gasteiger partial charge in [-0.25, -0.2) is 9.78 Å². The Balaban J connectivity index is 1.54. The summed E-state index contributed by atoms with van der Waals surface area (Å²) in [5, 5.41) is 10.9. The van der Waals surface area contributed by atoms with Crippen LogP contribution in [0.4, 0.5) is 15.6 Å². The lowest BCUT2D eigenvalue weighted by Gasteiger charge is -2.09. The van der Waals surface area contributed by atoms with Crippen LogP contribution in [0.3, 0.4) is 0 Å². The minimum Gasteiger partial charge on any atom is -0.348 e. The number of halogens is 1. The van der Waals surface area contributed by atoms with E-state index in [1.165, 1.54) is 11.3 Å². The minimum absolute atomic E-state index is 0.190. The summed E-state index contributed by atoms with van der Waals surface area (Å²) >= 11 is 7.01. The molecule has 1 aliphatic carbocycles. The average molecular weight is 365 g/mol. The highest BCUT2D eigenvalue weighted by atomic mass is 35.5. The van der Waals surface area contributed by atoms with Gasteiger partial charge in [-0.2, -0.15) is 0 Å². The van der Waals surface area contributed by atoms with Crippen LogP contribution >= 0.6 is 22.9 Å². The molecule has 1 aromatic heterocycles. The summed E-state index contributed by atoms with van der Waals surface area (Å²) in [4.78, 5) is 28.2. The summed E-state index contributed by atoms with van der Waals surface area (Å²) in [5.74, 6) is -0.190. The van der Waals surface area contributed by atoms with E-state index in [1.54, 1.807) is 29.6 Å². The molecule has 1 saturated carbocycles. The third-order valence-electron chi connectivity index (χ3n) is 3.75. The second-order valence-corrected chi connectivity index (χ2v) is 6.87. The SMILES string of the molecule is O=C(Nc1ccc(Cl)cc1)Nc1nc(C(=O)NC2CCCC2)cs1. The molecule has 0 bridgehead atoms. The van der Waals surface area contributed by atoms with Crippen molar-refractivity contribution in [1.29, 1.82) is 0 Å². The van der Waals surface area contributed by atoms with Gasteiger partial charge < -0.3 is 10.6 Å². The van der Waals surface area contributed by atoms with Crippen LogP contribution in [0.2, 0.25) is 5.02 Å². The molecule has 3 amide bonds. The smallest absolute Gasteiger partial charge is 0.325 e. The number of nitrogens with zero attached hydrogens (tertiary/aromatic N) is 1. The van der Waals surface area contributed by atoms with E-state index in [0.29, 0.717) is 21.5 Å². The molecule has 0 radical (unpaired) electrons. The molecular formula is C16H17ClN4O2S. The standard InChI is InChI=1S/C16H17ClN4O2S/c17-10-5-7-12(8-6-10)19-15(23)21-16-20-13(9-24-16)14(22)18-11-3-1-2-4-11/h5-9,11H,1-4H2,(H,18,22)(H2,19,20,21,23). The van der Waals surface area contributed by atoms with Crippen molar-refractivity contribution >= 4 is 45.7 Å². The van der Waals surface area contributed by atoms with E-state index in [0.717, 1.165) is 25.7 Å². The van der Waals surface area contributed by atoms with Gasteiger partial charge in [0, 0.05) is 22.1 Å². The Morgan fingerprint density at radius 3 is 2.54 bits per heavy atom. The van der Waals surface area contributed by atoms with Gasteiger partial charge in [0.25, 0.3) is 5.91 Å². The van der Waals surface area contributed by atoms with Gasteiger partial charge in [0.05, 0.1) is 0 Å². The number of aromatic nitrogens is 1. The first-order chi connectivity index (χ1) is 11.6. The molecule has 0 unspecified atom stereocenters. The number of rotatable bonds is 4. The van der Waals surface area contributed by atoms with Crippen LogP contribution in [0.25, 0.3) is 0 Å². The molecule has 1 aromatic carbocycles. The molecular weight excluding hydrogens is 348 g/mol. The van der Waals surface area contributed by atoms with Crippen molar-refractivity contribution in [3.8, 4) is 0 Å². The fourth-order valence-corrected chi connectivity index (χ4v) is 3.37. The molecule has 3 rings (SSSR count). The minimum atomic E-state index is -0.422. The van der Waals surface area contributed by atoms with E-state index < -0.39 is 6.03 Å². The summed E-state index contributed by atoms with van der Waals surface area (Å²) in [7, 11) is 0. The lowest BCUT2D eigenvalue weighted by Crippen LogP contribution is -2.32. The maximum absolute atomic E-state index is 12.1. The third-order valence-corrected chi connectivity index (χ3v) is 4.76. The molecule has 0 spiro atoms.